The van der Waals surface area contributed by atoms with E-state index < -0.39 is 6.10 Å². The van der Waals surface area contributed by atoms with E-state index in [1.807, 2.05) is 49.4 Å². The highest BCUT2D eigenvalue weighted by molar-refractivity contribution is 6.30. The van der Waals surface area contributed by atoms with E-state index in [9.17, 15) is 5.11 Å². The largest absolute Gasteiger partial charge is 0.388 e. The molecular formula is C15H14Cl2O. The summed E-state index contributed by atoms with van der Waals surface area (Å²) < 4.78 is 0. The van der Waals surface area contributed by atoms with Gasteiger partial charge in [-0.1, -0.05) is 41.4 Å². The van der Waals surface area contributed by atoms with Gasteiger partial charge in [-0.2, -0.15) is 0 Å². The molecule has 2 rings (SSSR count). The van der Waals surface area contributed by atoms with Gasteiger partial charge in [0.1, 0.15) is 0 Å². The number of aliphatic hydroxyl groups is 1. The molecule has 1 atom stereocenters. The summed E-state index contributed by atoms with van der Waals surface area (Å²) in [5.41, 5.74) is 2.96. The molecule has 0 aliphatic rings. The fraction of sp³-hybridized carbons (Fsp3) is 0.200. The van der Waals surface area contributed by atoms with Crippen molar-refractivity contribution in [1.29, 1.82) is 0 Å². The standard InChI is InChI=1S/C15H14Cl2O/c1-10-2-5-13(17)9-14(10)15(18)8-11-3-6-12(16)7-4-11/h2-7,9,15,18H,8H2,1H3. The summed E-state index contributed by atoms with van der Waals surface area (Å²) in [6.07, 6.45) is 0.00288. The Balaban J connectivity index is 2.18. The first-order chi connectivity index (χ1) is 8.56. The van der Waals surface area contributed by atoms with Crippen molar-refractivity contribution in [2.45, 2.75) is 19.4 Å². The lowest BCUT2D eigenvalue weighted by Gasteiger charge is -2.14. The lowest BCUT2D eigenvalue weighted by molar-refractivity contribution is 0.178. The minimum absolute atomic E-state index is 0.551. The SMILES string of the molecule is Cc1ccc(Cl)cc1C(O)Cc1ccc(Cl)cc1. The Bertz CT molecular complexity index is 535. The van der Waals surface area contributed by atoms with Gasteiger partial charge < -0.3 is 5.11 Å². The van der Waals surface area contributed by atoms with Crippen LogP contribution < -0.4 is 0 Å². The number of halogens is 2. The fourth-order valence-corrected chi connectivity index (χ4v) is 2.23. The van der Waals surface area contributed by atoms with Crippen molar-refractivity contribution >= 4 is 23.2 Å². The molecule has 94 valence electrons. The third-order valence-corrected chi connectivity index (χ3v) is 3.43. The highest BCUT2D eigenvalue weighted by Gasteiger charge is 2.11. The van der Waals surface area contributed by atoms with Gasteiger partial charge in [-0.15, -0.1) is 0 Å². The molecule has 0 amide bonds. The molecule has 2 aromatic rings. The highest BCUT2D eigenvalue weighted by atomic mass is 35.5. The molecule has 3 heteroatoms. The van der Waals surface area contributed by atoms with Crippen molar-refractivity contribution in [3.05, 3.63) is 69.2 Å². The summed E-state index contributed by atoms with van der Waals surface area (Å²) in [4.78, 5) is 0. The molecule has 18 heavy (non-hydrogen) atoms. The molecule has 0 bridgehead atoms. The van der Waals surface area contributed by atoms with Crippen molar-refractivity contribution in [1.82, 2.24) is 0 Å². The minimum atomic E-state index is -0.551. The first kappa shape index (κ1) is 13.4. The van der Waals surface area contributed by atoms with E-state index >= 15 is 0 Å². The van der Waals surface area contributed by atoms with Gasteiger partial charge in [-0.3, -0.25) is 0 Å². The molecule has 0 aromatic heterocycles. The van der Waals surface area contributed by atoms with Crippen LogP contribution in [0.3, 0.4) is 0 Å². The zero-order valence-corrected chi connectivity index (χ0v) is 11.5. The van der Waals surface area contributed by atoms with Gasteiger partial charge >= 0.3 is 0 Å². The second-order valence-electron chi connectivity index (χ2n) is 4.35. The van der Waals surface area contributed by atoms with Crippen molar-refractivity contribution in [2.24, 2.45) is 0 Å². The third-order valence-electron chi connectivity index (χ3n) is 2.94. The van der Waals surface area contributed by atoms with Crippen LogP contribution in [0.5, 0.6) is 0 Å². The lowest BCUT2D eigenvalue weighted by atomic mass is 9.98. The Kier molecular flexibility index (Phi) is 4.28. The number of aliphatic hydroxyl groups excluding tert-OH is 1. The Morgan fingerprint density at radius 2 is 1.61 bits per heavy atom. The molecule has 0 aliphatic heterocycles. The lowest BCUT2D eigenvalue weighted by Crippen LogP contribution is -2.03. The highest BCUT2D eigenvalue weighted by Crippen LogP contribution is 2.25. The first-order valence-corrected chi connectivity index (χ1v) is 6.50. The van der Waals surface area contributed by atoms with E-state index in [0.717, 1.165) is 16.7 Å². The normalized spacial score (nSPS) is 12.4. The van der Waals surface area contributed by atoms with Crippen LogP contribution >= 0.6 is 23.2 Å². The Hall–Kier alpha value is -1.02. The summed E-state index contributed by atoms with van der Waals surface area (Å²) in [5.74, 6) is 0. The zero-order valence-electron chi connectivity index (χ0n) is 10.0. The van der Waals surface area contributed by atoms with E-state index in [4.69, 9.17) is 23.2 Å². The van der Waals surface area contributed by atoms with Gasteiger partial charge in [0, 0.05) is 16.5 Å². The average Bonchev–Trinajstić information content (AvgIpc) is 2.35. The van der Waals surface area contributed by atoms with E-state index in [2.05, 4.69) is 0 Å². The van der Waals surface area contributed by atoms with Gasteiger partial charge in [0.05, 0.1) is 6.10 Å². The monoisotopic (exact) mass is 280 g/mol. The minimum Gasteiger partial charge on any atom is -0.388 e. The molecule has 1 unspecified atom stereocenters. The number of aryl methyl sites for hydroxylation is 1. The molecule has 0 heterocycles. The van der Waals surface area contributed by atoms with Crippen molar-refractivity contribution in [3.8, 4) is 0 Å². The topological polar surface area (TPSA) is 20.2 Å². The molecule has 0 spiro atoms. The Morgan fingerprint density at radius 3 is 2.28 bits per heavy atom. The zero-order chi connectivity index (χ0) is 13.1. The Morgan fingerprint density at radius 1 is 1.00 bits per heavy atom. The molecule has 0 saturated carbocycles. The molecule has 0 radical (unpaired) electrons. The average molecular weight is 281 g/mol. The predicted octanol–water partition coefficient (Wildman–Crippen LogP) is 4.58. The van der Waals surface area contributed by atoms with Gasteiger partial charge in [0.2, 0.25) is 0 Å². The number of rotatable bonds is 3. The van der Waals surface area contributed by atoms with Crippen LogP contribution in [0.4, 0.5) is 0 Å². The summed E-state index contributed by atoms with van der Waals surface area (Å²) in [5, 5.41) is 11.6. The molecule has 0 aliphatic carbocycles. The smallest absolute Gasteiger partial charge is 0.0833 e. The van der Waals surface area contributed by atoms with Crippen LogP contribution in [0.1, 0.15) is 22.8 Å². The second-order valence-corrected chi connectivity index (χ2v) is 5.22. The summed E-state index contributed by atoms with van der Waals surface area (Å²) in [6.45, 7) is 1.97. The summed E-state index contributed by atoms with van der Waals surface area (Å²) in [6, 6.07) is 13.1. The van der Waals surface area contributed by atoms with Gasteiger partial charge in [0.15, 0.2) is 0 Å². The molecular weight excluding hydrogens is 267 g/mol. The van der Waals surface area contributed by atoms with Crippen molar-refractivity contribution in [3.63, 3.8) is 0 Å². The Labute approximate surface area is 117 Å². The quantitative estimate of drug-likeness (QED) is 0.873. The number of hydrogen-bond donors (Lipinski definition) is 1. The van der Waals surface area contributed by atoms with Crippen LogP contribution in [-0.4, -0.2) is 5.11 Å². The maximum atomic E-state index is 10.3. The molecule has 1 nitrogen and oxygen atoms in total. The van der Waals surface area contributed by atoms with E-state index in [1.54, 1.807) is 0 Å². The second kappa shape index (κ2) is 5.75. The van der Waals surface area contributed by atoms with Crippen molar-refractivity contribution < 1.29 is 5.11 Å². The maximum absolute atomic E-state index is 10.3. The van der Waals surface area contributed by atoms with Crippen LogP contribution in [0, 0.1) is 6.92 Å². The van der Waals surface area contributed by atoms with E-state index in [0.29, 0.717) is 16.5 Å². The van der Waals surface area contributed by atoms with Crippen LogP contribution in [0.25, 0.3) is 0 Å². The van der Waals surface area contributed by atoms with Gasteiger partial charge in [-0.25, -0.2) is 0 Å². The summed E-state index contributed by atoms with van der Waals surface area (Å²) >= 11 is 11.8. The van der Waals surface area contributed by atoms with Crippen LogP contribution in [-0.2, 0) is 6.42 Å². The number of benzene rings is 2. The fourth-order valence-electron chi connectivity index (χ4n) is 1.92. The van der Waals surface area contributed by atoms with E-state index in [-0.39, 0.29) is 0 Å². The third kappa shape index (κ3) is 3.26. The molecule has 2 aromatic carbocycles. The van der Waals surface area contributed by atoms with Crippen molar-refractivity contribution in [2.75, 3.05) is 0 Å². The molecule has 0 fully saturated rings. The number of hydrogen-bond acceptors (Lipinski definition) is 1. The molecule has 1 N–H and O–H groups in total. The molecule has 0 saturated heterocycles. The van der Waals surface area contributed by atoms with Gasteiger partial charge in [-0.05, 0) is 47.9 Å². The van der Waals surface area contributed by atoms with Crippen LogP contribution in [0.15, 0.2) is 42.5 Å². The maximum Gasteiger partial charge on any atom is 0.0833 e. The summed E-state index contributed by atoms with van der Waals surface area (Å²) in [7, 11) is 0. The van der Waals surface area contributed by atoms with Gasteiger partial charge in [0.25, 0.3) is 0 Å². The van der Waals surface area contributed by atoms with Crippen LogP contribution in [0.2, 0.25) is 10.0 Å². The predicted molar refractivity (Wildman–Crippen MR) is 76.3 cm³/mol. The van der Waals surface area contributed by atoms with E-state index in [1.165, 1.54) is 0 Å². The first-order valence-electron chi connectivity index (χ1n) is 5.75.